The molecule has 2 aliphatic carbocycles. The molecule has 17 heavy (non-hydrogen) atoms. The Bertz CT molecular complexity index is 417. The number of allylic oxidation sites excluding steroid dienone is 4. The molecule has 0 aromatic rings. The molecule has 0 unspecified atom stereocenters. The Balaban J connectivity index is 2.49. The normalized spacial score (nSPS) is 37.2. The summed E-state index contributed by atoms with van der Waals surface area (Å²) in [6, 6.07) is 0. The Kier molecular flexibility index (Phi) is 3.07. The van der Waals surface area contributed by atoms with Crippen molar-refractivity contribution in [1.29, 1.82) is 0 Å². The maximum Gasteiger partial charge on any atom is 0.146 e. The van der Waals surface area contributed by atoms with Crippen LogP contribution >= 0.6 is 0 Å². The number of carbonyl (C=O) groups is 2. The highest BCUT2D eigenvalue weighted by Crippen LogP contribution is 2.53. The van der Waals surface area contributed by atoms with Crippen molar-refractivity contribution in [3.63, 3.8) is 0 Å². The summed E-state index contributed by atoms with van der Waals surface area (Å²) < 4.78 is 0. The minimum atomic E-state index is -0.221. The first-order chi connectivity index (χ1) is 8.04. The van der Waals surface area contributed by atoms with Gasteiger partial charge in [0.1, 0.15) is 12.6 Å². The van der Waals surface area contributed by atoms with Crippen molar-refractivity contribution in [3.05, 3.63) is 22.8 Å². The van der Waals surface area contributed by atoms with Gasteiger partial charge >= 0.3 is 0 Å². The molecule has 2 heteroatoms. The molecule has 0 amide bonds. The topological polar surface area (TPSA) is 34.1 Å². The fourth-order valence-corrected chi connectivity index (χ4v) is 3.56. The molecule has 2 nitrogen and oxygen atoms in total. The van der Waals surface area contributed by atoms with Crippen molar-refractivity contribution in [3.8, 4) is 0 Å². The van der Waals surface area contributed by atoms with Gasteiger partial charge in [0, 0.05) is 5.92 Å². The molecule has 0 radical (unpaired) electrons. The summed E-state index contributed by atoms with van der Waals surface area (Å²) in [5.74, 6) is 0.206. The van der Waals surface area contributed by atoms with Gasteiger partial charge in [-0.25, -0.2) is 0 Å². The molecule has 0 aromatic carbocycles. The lowest BCUT2D eigenvalue weighted by Gasteiger charge is -2.48. The van der Waals surface area contributed by atoms with Gasteiger partial charge in [-0.3, -0.25) is 4.79 Å². The predicted octanol–water partition coefficient (Wildman–Crippen LogP) is 3.08. The average molecular weight is 232 g/mol. The maximum atomic E-state index is 11.4. The van der Waals surface area contributed by atoms with Crippen LogP contribution in [0, 0.1) is 17.3 Å². The van der Waals surface area contributed by atoms with Crippen LogP contribution in [0.3, 0.4) is 0 Å². The van der Waals surface area contributed by atoms with Crippen LogP contribution in [0.5, 0.6) is 0 Å². The van der Waals surface area contributed by atoms with Crippen LogP contribution in [0.25, 0.3) is 0 Å². The highest BCUT2D eigenvalue weighted by Gasteiger charge is 2.47. The Morgan fingerprint density at radius 3 is 2.65 bits per heavy atom. The van der Waals surface area contributed by atoms with E-state index < -0.39 is 0 Å². The summed E-state index contributed by atoms with van der Waals surface area (Å²) in [7, 11) is 0. The van der Waals surface area contributed by atoms with E-state index in [1.807, 2.05) is 6.08 Å². The zero-order valence-corrected chi connectivity index (χ0v) is 10.8. The van der Waals surface area contributed by atoms with Gasteiger partial charge < -0.3 is 4.79 Å². The van der Waals surface area contributed by atoms with Gasteiger partial charge in [-0.2, -0.15) is 0 Å². The predicted molar refractivity (Wildman–Crippen MR) is 67.5 cm³/mol. The SMILES string of the molecule is CC1=C(C)[C@@H]2CC=C(C=O)[C@H](C=O)[C@@]2(C)CC1. The number of hydrogen-bond acceptors (Lipinski definition) is 2. The molecule has 3 atom stereocenters. The maximum absolute atomic E-state index is 11.4. The summed E-state index contributed by atoms with van der Waals surface area (Å²) in [6.45, 7) is 6.53. The Morgan fingerprint density at radius 1 is 1.35 bits per heavy atom. The van der Waals surface area contributed by atoms with E-state index in [-0.39, 0.29) is 11.3 Å². The number of rotatable bonds is 2. The summed E-state index contributed by atoms with van der Waals surface area (Å²) in [6.07, 6.45) is 6.75. The lowest BCUT2D eigenvalue weighted by molar-refractivity contribution is -0.117. The fraction of sp³-hybridized carbons (Fsp3) is 0.600. The highest BCUT2D eigenvalue weighted by molar-refractivity contribution is 5.82. The van der Waals surface area contributed by atoms with Crippen LogP contribution in [0.2, 0.25) is 0 Å². The van der Waals surface area contributed by atoms with Crippen molar-refractivity contribution in [2.24, 2.45) is 17.3 Å². The van der Waals surface area contributed by atoms with Gasteiger partial charge in [0.2, 0.25) is 0 Å². The van der Waals surface area contributed by atoms with Crippen LogP contribution in [-0.2, 0) is 9.59 Å². The molecule has 0 bridgehead atoms. The number of carbonyl (C=O) groups excluding carboxylic acids is 2. The van der Waals surface area contributed by atoms with E-state index in [1.54, 1.807) is 0 Å². The van der Waals surface area contributed by atoms with Crippen LogP contribution in [0.4, 0.5) is 0 Å². The minimum absolute atomic E-state index is 0.0592. The second-order valence-corrected chi connectivity index (χ2v) is 5.69. The van der Waals surface area contributed by atoms with E-state index >= 15 is 0 Å². The first-order valence-corrected chi connectivity index (χ1v) is 6.31. The van der Waals surface area contributed by atoms with Gasteiger partial charge in [0.15, 0.2) is 0 Å². The van der Waals surface area contributed by atoms with Gasteiger partial charge in [-0.15, -0.1) is 0 Å². The van der Waals surface area contributed by atoms with Crippen molar-refractivity contribution >= 4 is 12.6 Å². The minimum Gasteiger partial charge on any atom is -0.303 e. The molecule has 92 valence electrons. The fourth-order valence-electron chi connectivity index (χ4n) is 3.56. The second kappa shape index (κ2) is 4.25. The molecule has 0 aromatic heterocycles. The Morgan fingerprint density at radius 2 is 2.06 bits per heavy atom. The second-order valence-electron chi connectivity index (χ2n) is 5.69. The standard InChI is InChI=1S/C15H20O2/c1-10-6-7-15(3)13(11(10)2)5-4-12(8-16)14(15)9-17/h4,8-9,13-14H,5-7H2,1-3H3/t13-,14-,15-/m0/s1. The summed E-state index contributed by atoms with van der Waals surface area (Å²) in [5.41, 5.74) is 3.51. The van der Waals surface area contributed by atoms with Gasteiger partial charge in [-0.05, 0) is 50.0 Å². The zero-order valence-electron chi connectivity index (χ0n) is 10.8. The summed E-state index contributed by atoms with van der Waals surface area (Å²) in [4.78, 5) is 22.4. The molecule has 0 fully saturated rings. The van der Waals surface area contributed by atoms with Crippen LogP contribution < -0.4 is 0 Å². The third kappa shape index (κ3) is 1.70. The number of aldehydes is 2. The number of fused-ring (bicyclic) bond motifs is 1. The third-order valence-electron chi connectivity index (χ3n) is 4.96. The van der Waals surface area contributed by atoms with Crippen LogP contribution in [-0.4, -0.2) is 12.6 Å². The van der Waals surface area contributed by atoms with Crippen molar-refractivity contribution in [2.75, 3.05) is 0 Å². The molecule has 2 aliphatic rings. The van der Waals surface area contributed by atoms with Crippen molar-refractivity contribution in [2.45, 2.75) is 40.0 Å². The Hall–Kier alpha value is -1.18. The van der Waals surface area contributed by atoms with E-state index in [4.69, 9.17) is 0 Å². The lowest BCUT2D eigenvalue weighted by atomic mass is 9.55. The smallest absolute Gasteiger partial charge is 0.146 e. The van der Waals surface area contributed by atoms with Gasteiger partial charge in [-0.1, -0.05) is 24.1 Å². The molecular formula is C15H20O2. The molecule has 0 saturated carbocycles. The monoisotopic (exact) mass is 232 g/mol. The molecule has 0 spiro atoms. The van der Waals surface area contributed by atoms with Gasteiger partial charge in [0.05, 0.1) is 0 Å². The lowest BCUT2D eigenvalue weighted by Crippen LogP contribution is -2.43. The molecule has 0 heterocycles. The first-order valence-electron chi connectivity index (χ1n) is 6.31. The largest absolute Gasteiger partial charge is 0.303 e. The van der Waals surface area contributed by atoms with E-state index in [2.05, 4.69) is 20.8 Å². The van der Waals surface area contributed by atoms with E-state index in [0.29, 0.717) is 11.5 Å². The van der Waals surface area contributed by atoms with Crippen molar-refractivity contribution in [1.82, 2.24) is 0 Å². The molecule has 2 rings (SSSR count). The van der Waals surface area contributed by atoms with E-state index in [1.165, 1.54) is 11.1 Å². The average Bonchev–Trinajstić information content (AvgIpc) is 2.33. The molecule has 0 saturated heterocycles. The van der Waals surface area contributed by atoms with E-state index in [0.717, 1.165) is 31.8 Å². The quantitative estimate of drug-likeness (QED) is 0.541. The molecule has 0 aliphatic heterocycles. The van der Waals surface area contributed by atoms with E-state index in [9.17, 15) is 9.59 Å². The molecule has 0 N–H and O–H groups in total. The zero-order chi connectivity index (χ0) is 12.6. The van der Waals surface area contributed by atoms with Crippen molar-refractivity contribution < 1.29 is 9.59 Å². The van der Waals surface area contributed by atoms with Crippen LogP contribution in [0.1, 0.15) is 40.0 Å². The Labute approximate surface area is 103 Å². The molecular weight excluding hydrogens is 212 g/mol. The van der Waals surface area contributed by atoms with Crippen LogP contribution in [0.15, 0.2) is 22.8 Å². The summed E-state index contributed by atoms with van der Waals surface area (Å²) in [5, 5.41) is 0. The first kappa shape index (κ1) is 12.3. The third-order valence-corrected chi connectivity index (χ3v) is 4.96. The van der Waals surface area contributed by atoms with Gasteiger partial charge in [0.25, 0.3) is 0 Å². The summed E-state index contributed by atoms with van der Waals surface area (Å²) >= 11 is 0. The number of hydrogen-bond donors (Lipinski definition) is 0. The highest BCUT2D eigenvalue weighted by atomic mass is 16.1.